The molecule has 0 aliphatic rings. The van der Waals surface area contributed by atoms with Gasteiger partial charge in [-0.15, -0.1) is 11.6 Å². The summed E-state index contributed by atoms with van der Waals surface area (Å²) in [7, 11) is 1.56. The van der Waals surface area contributed by atoms with Crippen LogP contribution in [0.25, 0.3) is 0 Å². The maximum atomic E-state index is 12.2. The minimum absolute atomic E-state index is 0.0959. The summed E-state index contributed by atoms with van der Waals surface area (Å²) in [5.41, 5.74) is 0.170. The first-order valence-electron chi connectivity index (χ1n) is 5.42. The number of phenols is 1. The van der Waals surface area contributed by atoms with Crippen LogP contribution in [0.5, 0.6) is 5.75 Å². The van der Waals surface area contributed by atoms with Crippen LogP contribution in [-0.4, -0.2) is 48.6 Å². The van der Waals surface area contributed by atoms with E-state index >= 15 is 0 Å². The Morgan fingerprint density at radius 2 is 2.17 bits per heavy atom. The second-order valence-corrected chi connectivity index (χ2v) is 4.45. The van der Waals surface area contributed by atoms with Crippen LogP contribution >= 0.6 is 23.2 Å². The van der Waals surface area contributed by atoms with E-state index in [-0.39, 0.29) is 17.2 Å². The Labute approximate surface area is 116 Å². The monoisotopic (exact) mass is 291 g/mol. The van der Waals surface area contributed by atoms with Crippen molar-refractivity contribution in [2.45, 2.75) is 0 Å². The molecule has 1 N–H and O–H groups in total. The van der Waals surface area contributed by atoms with Gasteiger partial charge in [0.1, 0.15) is 5.75 Å². The predicted molar refractivity (Wildman–Crippen MR) is 71.6 cm³/mol. The van der Waals surface area contributed by atoms with Gasteiger partial charge in [-0.2, -0.15) is 0 Å². The molecule has 0 aliphatic heterocycles. The Balaban J connectivity index is 2.90. The van der Waals surface area contributed by atoms with Gasteiger partial charge in [-0.25, -0.2) is 0 Å². The summed E-state index contributed by atoms with van der Waals surface area (Å²) in [6, 6.07) is 4.35. The zero-order chi connectivity index (χ0) is 13.5. The molecule has 0 saturated carbocycles. The summed E-state index contributed by atoms with van der Waals surface area (Å²) >= 11 is 11.5. The van der Waals surface area contributed by atoms with E-state index in [2.05, 4.69) is 0 Å². The standard InChI is InChI=1S/C12H15Cl2NO3/c1-18-7-6-15(5-4-13)12(17)10-8-9(14)2-3-11(10)16/h2-3,8,16H,4-7H2,1H3. The Kier molecular flexibility index (Phi) is 6.25. The number of halogens is 2. The van der Waals surface area contributed by atoms with E-state index < -0.39 is 0 Å². The van der Waals surface area contributed by atoms with Crippen LogP contribution in [0.15, 0.2) is 18.2 Å². The van der Waals surface area contributed by atoms with E-state index in [1.165, 1.54) is 23.1 Å². The first-order valence-corrected chi connectivity index (χ1v) is 6.34. The molecule has 0 fully saturated rings. The molecule has 1 rings (SSSR count). The largest absolute Gasteiger partial charge is 0.507 e. The van der Waals surface area contributed by atoms with Gasteiger partial charge in [0.2, 0.25) is 0 Å². The molecule has 0 spiro atoms. The van der Waals surface area contributed by atoms with Gasteiger partial charge < -0.3 is 14.7 Å². The number of ether oxygens (including phenoxy) is 1. The highest BCUT2D eigenvalue weighted by Crippen LogP contribution is 2.22. The minimum Gasteiger partial charge on any atom is -0.507 e. The number of aromatic hydroxyl groups is 1. The molecule has 0 saturated heterocycles. The second-order valence-electron chi connectivity index (χ2n) is 3.64. The number of hydrogen-bond donors (Lipinski definition) is 1. The number of carbonyl (C=O) groups excluding carboxylic acids is 1. The van der Waals surface area contributed by atoms with Crippen molar-refractivity contribution in [2.24, 2.45) is 0 Å². The molecule has 0 heterocycles. The van der Waals surface area contributed by atoms with Gasteiger partial charge in [-0.05, 0) is 18.2 Å². The van der Waals surface area contributed by atoms with Gasteiger partial charge in [0, 0.05) is 31.1 Å². The van der Waals surface area contributed by atoms with E-state index in [9.17, 15) is 9.90 Å². The quantitative estimate of drug-likeness (QED) is 0.819. The predicted octanol–water partition coefficient (Wildman–Crippen LogP) is 2.37. The summed E-state index contributed by atoms with van der Waals surface area (Å²) < 4.78 is 4.93. The number of carbonyl (C=O) groups is 1. The number of benzene rings is 1. The number of rotatable bonds is 6. The summed E-state index contributed by atoms with van der Waals surface area (Å²) in [5, 5.41) is 10.1. The van der Waals surface area contributed by atoms with Gasteiger partial charge in [0.05, 0.1) is 12.2 Å². The lowest BCUT2D eigenvalue weighted by Gasteiger charge is -2.21. The average molecular weight is 292 g/mol. The van der Waals surface area contributed by atoms with Gasteiger partial charge in [0.25, 0.3) is 5.91 Å². The zero-order valence-corrected chi connectivity index (χ0v) is 11.5. The van der Waals surface area contributed by atoms with Crippen LogP contribution in [0.3, 0.4) is 0 Å². The number of methoxy groups -OCH3 is 1. The Bertz CT molecular complexity index is 412. The highest BCUT2D eigenvalue weighted by atomic mass is 35.5. The van der Waals surface area contributed by atoms with Crippen molar-refractivity contribution < 1.29 is 14.6 Å². The van der Waals surface area contributed by atoms with Crippen LogP contribution in [-0.2, 0) is 4.74 Å². The van der Waals surface area contributed by atoms with Crippen molar-refractivity contribution >= 4 is 29.1 Å². The van der Waals surface area contributed by atoms with E-state index in [1.807, 2.05) is 0 Å². The first kappa shape index (κ1) is 15.1. The van der Waals surface area contributed by atoms with Crippen LogP contribution in [0.4, 0.5) is 0 Å². The molecule has 0 radical (unpaired) electrons. The molecule has 100 valence electrons. The lowest BCUT2D eigenvalue weighted by atomic mass is 10.1. The van der Waals surface area contributed by atoms with Crippen molar-refractivity contribution in [3.63, 3.8) is 0 Å². The Hall–Kier alpha value is -0.970. The van der Waals surface area contributed by atoms with E-state index in [0.717, 1.165) is 0 Å². The molecular formula is C12H15Cl2NO3. The van der Waals surface area contributed by atoms with Crippen LogP contribution in [0.1, 0.15) is 10.4 Å². The lowest BCUT2D eigenvalue weighted by Crippen LogP contribution is -2.35. The fraction of sp³-hybridized carbons (Fsp3) is 0.417. The Morgan fingerprint density at radius 3 is 2.78 bits per heavy atom. The molecule has 18 heavy (non-hydrogen) atoms. The van der Waals surface area contributed by atoms with Crippen molar-refractivity contribution in [2.75, 3.05) is 32.7 Å². The van der Waals surface area contributed by atoms with Crippen molar-refractivity contribution in [1.29, 1.82) is 0 Å². The molecule has 1 aromatic rings. The van der Waals surface area contributed by atoms with E-state index in [0.29, 0.717) is 30.6 Å². The summed E-state index contributed by atoms with van der Waals surface area (Å²) in [6.45, 7) is 1.20. The SMILES string of the molecule is COCCN(CCCl)C(=O)c1cc(Cl)ccc1O. The molecule has 1 amide bonds. The van der Waals surface area contributed by atoms with E-state index in [1.54, 1.807) is 7.11 Å². The topological polar surface area (TPSA) is 49.8 Å². The third kappa shape index (κ3) is 4.05. The molecular weight excluding hydrogens is 277 g/mol. The fourth-order valence-corrected chi connectivity index (χ4v) is 1.84. The number of nitrogens with zero attached hydrogens (tertiary/aromatic N) is 1. The van der Waals surface area contributed by atoms with Crippen LogP contribution < -0.4 is 0 Å². The molecule has 0 bridgehead atoms. The number of amides is 1. The summed E-state index contributed by atoms with van der Waals surface area (Å²) in [6.07, 6.45) is 0. The van der Waals surface area contributed by atoms with Gasteiger partial charge in [-0.1, -0.05) is 11.6 Å². The minimum atomic E-state index is -0.312. The maximum Gasteiger partial charge on any atom is 0.257 e. The average Bonchev–Trinajstić information content (AvgIpc) is 2.36. The molecule has 0 aromatic heterocycles. The molecule has 0 aliphatic carbocycles. The van der Waals surface area contributed by atoms with Crippen LogP contribution in [0.2, 0.25) is 5.02 Å². The van der Waals surface area contributed by atoms with Crippen LogP contribution in [0, 0.1) is 0 Å². The number of alkyl halides is 1. The second kappa shape index (κ2) is 7.46. The molecule has 0 unspecified atom stereocenters. The van der Waals surface area contributed by atoms with Crippen molar-refractivity contribution in [1.82, 2.24) is 4.90 Å². The number of phenolic OH excluding ortho intramolecular Hbond substituents is 1. The lowest BCUT2D eigenvalue weighted by molar-refractivity contribution is 0.0705. The highest BCUT2D eigenvalue weighted by Gasteiger charge is 2.18. The van der Waals surface area contributed by atoms with Crippen molar-refractivity contribution in [3.8, 4) is 5.75 Å². The zero-order valence-electron chi connectivity index (χ0n) is 10.0. The number of hydrogen-bond acceptors (Lipinski definition) is 3. The van der Waals surface area contributed by atoms with Gasteiger partial charge in [-0.3, -0.25) is 4.79 Å². The molecule has 1 aromatic carbocycles. The van der Waals surface area contributed by atoms with Gasteiger partial charge >= 0.3 is 0 Å². The third-order valence-electron chi connectivity index (χ3n) is 2.40. The van der Waals surface area contributed by atoms with Gasteiger partial charge in [0.15, 0.2) is 0 Å². The van der Waals surface area contributed by atoms with Crippen molar-refractivity contribution in [3.05, 3.63) is 28.8 Å². The summed E-state index contributed by atoms with van der Waals surface area (Å²) in [5.74, 6) is -0.0920. The fourth-order valence-electron chi connectivity index (χ4n) is 1.47. The molecule has 0 atom stereocenters. The Morgan fingerprint density at radius 1 is 1.44 bits per heavy atom. The maximum absolute atomic E-state index is 12.2. The smallest absolute Gasteiger partial charge is 0.257 e. The summed E-state index contributed by atoms with van der Waals surface area (Å²) in [4.78, 5) is 13.7. The van der Waals surface area contributed by atoms with E-state index in [4.69, 9.17) is 27.9 Å². The molecule has 6 heteroatoms. The normalized spacial score (nSPS) is 10.4. The first-order chi connectivity index (χ1) is 8.60. The molecule has 4 nitrogen and oxygen atoms in total. The highest BCUT2D eigenvalue weighted by molar-refractivity contribution is 6.31. The third-order valence-corrected chi connectivity index (χ3v) is 2.80.